The summed E-state index contributed by atoms with van der Waals surface area (Å²) in [5.41, 5.74) is 2.50. The van der Waals surface area contributed by atoms with Crippen LogP contribution >= 0.6 is 11.6 Å². The molecule has 0 unspecified atom stereocenters. The number of halogens is 1. The highest BCUT2D eigenvalue weighted by atomic mass is 35.5. The van der Waals surface area contributed by atoms with E-state index in [0.717, 1.165) is 11.3 Å². The highest BCUT2D eigenvalue weighted by Crippen LogP contribution is 2.16. The van der Waals surface area contributed by atoms with Crippen LogP contribution in [-0.4, -0.2) is 46.8 Å². The predicted molar refractivity (Wildman–Crippen MR) is 108 cm³/mol. The van der Waals surface area contributed by atoms with Crippen molar-refractivity contribution in [1.29, 1.82) is 0 Å². The van der Waals surface area contributed by atoms with Crippen molar-refractivity contribution >= 4 is 29.3 Å². The highest BCUT2D eigenvalue weighted by Gasteiger charge is 2.11. The first-order chi connectivity index (χ1) is 12.9. The quantitative estimate of drug-likeness (QED) is 0.729. The maximum absolute atomic E-state index is 12.5. The molecule has 8 heteroatoms. The number of anilines is 2. The van der Waals surface area contributed by atoms with Crippen LogP contribution in [0.25, 0.3) is 5.69 Å². The van der Waals surface area contributed by atoms with Crippen molar-refractivity contribution in [3.05, 3.63) is 65.4 Å². The van der Waals surface area contributed by atoms with Crippen molar-refractivity contribution in [3.63, 3.8) is 0 Å². The molecule has 1 N–H and O–H groups in total. The molecule has 3 aromatic rings. The molecule has 0 atom stereocenters. The molecule has 0 aliphatic rings. The minimum absolute atomic E-state index is 0.199. The van der Waals surface area contributed by atoms with E-state index in [0.29, 0.717) is 23.2 Å². The molecule has 2 aromatic carbocycles. The number of urea groups is 1. The summed E-state index contributed by atoms with van der Waals surface area (Å²) in [6, 6.07) is 14.7. The lowest BCUT2D eigenvalue weighted by molar-refractivity contribution is 0.220. The Bertz CT molecular complexity index is 922. The number of hydrogen-bond acceptors (Lipinski definition) is 4. The number of nitrogens with zero attached hydrogens (tertiary/aromatic N) is 5. The van der Waals surface area contributed by atoms with Crippen molar-refractivity contribution in [2.75, 3.05) is 31.4 Å². The van der Waals surface area contributed by atoms with Crippen molar-refractivity contribution < 1.29 is 4.79 Å². The Labute approximate surface area is 163 Å². The predicted octanol–water partition coefficient (Wildman–Crippen LogP) is 3.65. The normalized spacial score (nSPS) is 10.5. The summed E-state index contributed by atoms with van der Waals surface area (Å²) in [4.78, 5) is 20.1. The lowest BCUT2D eigenvalue weighted by Crippen LogP contribution is -2.30. The monoisotopic (exact) mass is 384 g/mol. The Hall–Kier alpha value is -3.06. The first-order valence-electron chi connectivity index (χ1n) is 8.38. The van der Waals surface area contributed by atoms with Crippen molar-refractivity contribution in [3.8, 4) is 5.69 Å². The molecule has 27 heavy (non-hydrogen) atoms. The molecule has 1 heterocycles. The number of rotatable bonds is 5. The van der Waals surface area contributed by atoms with E-state index in [4.69, 9.17) is 11.6 Å². The number of aromatic nitrogens is 3. The minimum atomic E-state index is -0.199. The fourth-order valence-electron chi connectivity index (χ4n) is 2.46. The Kier molecular flexibility index (Phi) is 5.61. The van der Waals surface area contributed by atoms with E-state index >= 15 is 0 Å². The van der Waals surface area contributed by atoms with Crippen molar-refractivity contribution in [2.45, 2.75) is 6.54 Å². The van der Waals surface area contributed by atoms with Gasteiger partial charge in [-0.2, -0.15) is 4.98 Å². The molecule has 0 spiro atoms. The van der Waals surface area contributed by atoms with E-state index in [9.17, 15) is 4.79 Å². The molecule has 3 rings (SSSR count). The standard InChI is InChI=1S/C19H21ClN6O/c1-24(2)18-21-13-26(23-18)17-6-4-5-16(11-17)22-19(27)25(3)12-14-7-9-15(20)10-8-14/h4-11,13H,12H2,1-3H3,(H,22,27). The number of benzene rings is 2. The van der Waals surface area contributed by atoms with Gasteiger partial charge < -0.3 is 15.1 Å². The molecular formula is C19H21ClN6O. The zero-order chi connectivity index (χ0) is 19.4. The largest absolute Gasteiger partial charge is 0.346 e. The van der Waals surface area contributed by atoms with Gasteiger partial charge in [-0.3, -0.25) is 0 Å². The fraction of sp³-hybridized carbons (Fsp3) is 0.211. The Morgan fingerprint density at radius 2 is 1.89 bits per heavy atom. The van der Waals surface area contributed by atoms with E-state index in [1.165, 1.54) is 0 Å². The molecule has 0 aliphatic carbocycles. The molecule has 0 aliphatic heterocycles. The Balaban J connectivity index is 1.67. The SMILES string of the molecule is CN(Cc1ccc(Cl)cc1)C(=O)Nc1cccc(-n2cnc(N(C)C)n2)c1. The second kappa shape index (κ2) is 8.09. The molecular weight excluding hydrogens is 364 g/mol. The van der Waals surface area contributed by atoms with Gasteiger partial charge in [0.1, 0.15) is 6.33 Å². The van der Waals surface area contributed by atoms with Gasteiger partial charge in [0, 0.05) is 38.4 Å². The maximum Gasteiger partial charge on any atom is 0.321 e. The number of hydrogen-bond donors (Lipinski definition) is 1. The van der Waals surface area contributed by atoms with Crippen LogP contribution in [0.4, 0.5) is 16.4 Å². The first-order valence-corrected chi connectivity index (χ1v) is 8.76. The molecule has 2 amide bonds. The molecule has 0 radical (unpaired) electrons. The number of amides is 2. The summed E-state index contributed by atoms with van der Waals surface area (Å²) in [6.45, 7) is 0.484. The zero-order valence-corrected chi connectivity index (χ0v) is 16.2. The van der Waals surface area contributed by atoms with E-state index in [-0.39, 0.29) is 6.03 Å². The van der Waals surface area contributed by atoms with Gasteiger partial charge in [-0.05, 0) is 35.9 Å². The molecule has 0 saturated heterocycles. The second-order valence-corrected chi connectivity index (χ2v) is 6.78. The maximum atomic E-state index is 12.5. The molecule has 0 bridgehead atoms. The van der Waals surface area contributed by atoms with Gasteiger partial charge in [0.05, 0.1) is 5.69 Å². The van der Waals surface area contributed by atoms with Gasteiger partial charge in [0.25, 0.3) is 0 Å². The van der Waals surface area contributed by atoms with Crippen LogP contribution in [0.5, 0.6) is 0 Å². The summed E-state index contributed by atoms with van der Waals surface area (Å²) in [5.74, 6) is 0.618. The van der Waals surface area contributed by atoms with Gasteiger partial charge in [0.2, 0.25) is 5.95 Å². The Morgan fingerprint density at radius 3 is 2.56 bits per heavy atom. The summed E-state index contributed by atoms with van der Waals surface area (Å²) in [5, 5.41) is 7.97. The fourth-order valence-corrected chi connectivity index (χ4v) is 2.59. The summed E-state index contributed by atoms with van der Waals surface area (Å²) >= 11 is 5.90. The number of carbonyl (C=O) groups is 1. The van der Waals surface area contributed by atoms with Crippen LogP contribution in [0, 0.1) is 0 Å². The smallest absolute Gasteiger partial charge is 0.321 e. The third kappa shape index (κ3) is 4.77. The van der Waals surface area contributed by atoms with Gasteiger partial charge >= 0.3 is 6.03 Å². The van der Waals surface area contributed by atoms with E-state index in [1.54, 1.807) is 23.0 Å². The van der Waals surface area contributed by atoms with Gasteiger partial charge in [-0.1, -0.05) is 29.8 Å². The van der Waals surface area contributed by atoms with E-state index in [2.05, 4.69) is 15.4 Å². The Morgan fingerprint density at radius 1 is 1.15 bits per heavy atom. The van der Waals surface area contributed by atoms with Crippen LogP contribution in [0.1, 0.15) is 5.56 Å². The number of nitrogens with one attached hydrogen (secondary N) is 1. The van der Waals surface area contributed by atoms with Crippen LogP contribution < -0.4 is 10.2 Å². The van der Waals surface area contributed by atoms with E-state index in [1.807, 2.05) is 67.5 Å². The average molecular weight is 385 g/mol. The molecule has 0 saturated carbocycles. The molecule has 140 valence electrons. The van der Waals surface area contributed by atoms with Crippen molar-refractivity contribution in [2.24, 2.45) is 0 Å². The van der Waals surface area contributed by atoms with Crippen LogP contribution in [-0.2, 0) is 6.54 Å². The molecule has 7 nitrogen and oxygen atoms in total. The average Bonchev–Trinajstić information content (AvgIpc) is 3.14. The lowest BCUT2D eigenvalue weighted by atomic mass is 10.2. The third-order valence-electron chi connectivity index (χ3n) is 3.92. The van der Waals surface area contributed by atoms with Crippen LogP contribution in [0.2, 0.25) is 5.02 Å². The van der Waals surface area contributed by atoms with Gasteiger partial charge in [-0.15, -0.1) is 5.10 Å². The third-order valence-corrected chi connectivity index (χ3v) is 4.17. The van der Waals surface area contributed by atoms with Gasteiger partial charge in [-0.25, -0.2) is 9.48 Å². The molecule has 1 aromatic heterocycles. The summed E-state index contributed by atoms with van der Waals surface area (Å²) in [6.07, 6.45) is 1.64. The lowest BCUT2D eigenvalue weighted by Gasteiger charge is -2.18. The topological polar surface area (TPSA) is 66.3 Å². The second-order valence-electron chi connectivity index (χ2n) is 6.35. The first kappa shape index (κ1) is 18.7. The number of carbonyl (C=O) groups excluding carboxylic acids is 1. The summed E-state index contributed by atoms with van der Waals surface area (Å²) in [7, 11) is 5.51. The minimum Gasteiger partial charge on any atom is -0.346 e. The van der Waals surface area contributed by atoms with Crippen molar-refractivity contribution in [1.82, 2.24) is 19.7 Å². The highest BCUT2D eigenvalue weighted by molar-refractivity contribution is 6.30. The van der Waals surface area contributed by atoms with Crippen LogP contribution in [0.3, 0.4) is 0 Å². The van der Waals surface area contributed by atoms with E-state index < -0.39 is 0 Å². The summed E-state index contributed by atoms with van der Waals surface area (Å²) < 4.78 is 1.67. The van der Waals surface area contributed by atoms with Gasteiger partial charge in [0.15, 0.2) is 0 Å². The molecule has 0 fully saturated rings. The van der Waals surface area contributed by atoms with Crippen LogP contribution in [0.15, 0.2) is 54.9 Å². The zero-order valence-electron chi connectivity index (χ0n) is 15.4.